The van der Waals surface area contributed by atoms with Crippen molar-refractivity contribution in [2.24, 2.45) is 11.8 Å². The van der Waals surface area contributed by atoms with Crippen LogP contribution in [0.15, 0.2) is 24.3 Å². The summed E-state index contributed by atoms with van der Waals surface area (Å²) in [4.78, 5) is 29.3. The van der Waals surface area contributed by atoms with Crippen molar-refractivity contribution in [2.75, 3.05) is 26.2 Å². The average molecular weight is 423 g/mol. The first-order valence-electron chi connectivity index (χ1n) is 10.7. The van der Waals surface area contributed by atoms with E-state index in [2.05, 4.69) is 17.1 Å². The zero-order valence-corrected chi connectivity index (χ0v) is 17.1. The molecule has 2 heterocycles. The molecule has 0 spiro atoms. The third-order valence-corrected chi connectivity index (χ3v) is 7.13. The van der Waals surface area contributed by atoms with Crippen molar-refractivity contribution in [2.45, 2.75) is 50.9 Å². The lowest BCUT2D eigenvalue weighted by Crippen LogP contribution is -2.45. The average Bonchev–Trinajstić information content (AvgIpc) is 3.30. The zero-order chi connectivity index (χ0) is 21.5. The molecular formula is C22H28F3N3O2. The van der Waals surface area contributed by atoms with Gasteiger partial charge in [0.25, 0.3) is 5.91 Å². The van der Waals surface area contributed by atoms with Crippen molar-refractivity contribution < 1.29 is 22.8 Å². The predicted octanol–water partition coefficient (Wildman–Crippen LogP) is 3.16. The van der Waals surface area contributed by atoms with Crippen LogP contribution in [0.1, 0.15) is 48.5 Å². The molecule has 0 aromatic heterocycles. The molecule has 2 amide bonds. The van der Waals surface area contributed by atoms with E-state index in [-0.39, 0.29) is 24.1 Å². The Morgan fingerprint density at radius 2 is 1.87 bits per heavy atom. The Labute approximate surface area is 174 Å². The smallest absolute Gasteiger partial charge is 0.343 e. The van der Waals surface area contributed by atoms with Crippen LogP contribution in [0, 0.1) is 11.8 Å². The number of carbonyl (C=O) groups excluding carboxylic acids is 2. The Balaban J connectivity index is 1.30. The standard InChI is InChI=1S/C22H28F3N3O2/c1-14-5-6-16(14)13-27-9-7-19-18(27)8-10-28(19)20(29)12-26-21(30)15-3-2-4-17(11-15)22(23,24)25/h2-4,11,14,16,18-19H,5-10,12-13H2,1H3,(H,26,30)/t14-,16?,18?,19?/m0/s1. The molecule has 30 heavy (non-hydrogen) atoms. The van der Waals surface area contributed by atoms with Crippen LogP contribution in [-0.2, 0) is 11.0 Å². The monoisotopic (exact) mass is 423 g/mol. The highest BCUT2D eigenvalue weighted by Gasteiger charge is 2.45. The van der Waals surface area contributed by atoms with Crippen LogP contribution in [0.5, 0.6) is 0 Å². The third kappa shape index (κ3) is 4.19. The summed E-state index contributed by atoms with van der Waals surface area (Å²) in [5.41, 5.74) is -0.978. The van der Waals surface area contributed by atoms with Crippen LogP contribution in [0.25, 0.3) is 0 Å². The normalized spacial score (nSPS) is 28.9. The molecule has 1 aromatic carbocycles. The summed E-state index contributed by atoms with van der Waals surface area (Å²) in [6, 6.07) is 4.81. The van der Waals surface area contributed by atoms with Gasteiger partial charge in [-0.25, -0.2) is 0 Å². The van der Waals surface area contributed by atoms with E-state index in [0.717, 1.165) is 49.9 Å². The topological polar surface area (TPSA) is 52.6 Å². The second-order valence-electron chi connectivity index (χ2n) is 8.87. The first-order chi connectivity index (χ1) is 14.2. The minimum absolute atomic E-state index is 0.0985. The lowest BCUT2D eigenvalue weighted by Gasteiger charge is -2.38. The quantitative estimate of drug-likeness (QED) is 0.792. The number of hydrogen-bond acceptors (Lipinski definition) is 3. The van der Waals surface area contributed by atoms with E-state index in [1.807, 2.05) is 4.90 Å². The van der Waals surface area contributed by atoms with E-state index in [4.69, 9.17) is 0 Å². The van der Waals surface area contributed by atoms with Gasteiger partial charge in [0.2, 0.25) is 5.91 Å². The number of nitrogens with zero attached hydrogens (tertiary/aromatic N) is 2. The highest BCUT2D eigenvalue weighted by molar-refractivity contribution is 5.96. The molecule has 3 unspecified atom stereocenters. The molecule has 0 bridgehead atoms. The van der Waals surface area contributed by atoms with Crippen LogP contribution in [0.3, 0.4) is 0 Å². The number of fused-ring (bicyclic) bond motifs is 1. The van der Waals surface area contributed by atoms with Gasteiger partial charge in [0, 0.05) is 37.3 Å². The molecule has 1 aliphatic carbocycles. The maximum Gasteiger partial charge on any atom is 0.416 e. The number of nitrogens with one attached hydrogen (secondary N) is 1. The van der Waals surface area contributed by atoms with E-state index in [1.54, 1.807) is 0 Å². The molecule has 1 N–H and O–H groups in total. The largest absolute Gasteiger partial charge is 0.416 e. The minimum Gasteiger partial charge on any atom is -0.343 e. The Morgan fingerprint density at radius 1 is 1.10 bits per heavy atom. The molecule has 2 aliphatic heterocycles. The lowest BCUT2D eigenvalue weighted by atomic mass is 9.74. The van der Waals surface area contributed by atoms with Crippen LogP contribution < -0.4 is 5.32 Å². The molecular weight excluding hydrogens is 395 g/mol. The van der Waals surface area contributed by atoms with E-state index < -0.39 is 17.6 Å². The zero-order valence-electron chi connectivity index (χ0n) is 17.1. The predicted molar refractivity (Wildman–Crippen MR) is 106 cm³/mol. The van der Waals surface area contributed by atoms with Gasteiger partial charge in [-0.1, -0.05) is 19.4 Å². The van der Waals surface area contributed by atoms with Crippen LogP contribution in [0.2, 0.25) is 0 Å². The van der Waals surface area contributed by atoms with Crippen molar-refractivity contribution in [3.05, 3.63) is 35.4 Å². The summed E-state index contributed by atoms with van der Waals surface area (Å²) in [5.74, 6) is 0.716. The maximum absolute atomic E-state index is 12.8. The van der Waals surface area contributed by atoms with E-state index in [0.29, 0.717) is 12.6 Å². The molecule has 4 atom stereocenters. The number of amides is 2. The van der Waals surface area contributed by atoms with Gasteiger partial charge < -0.3 is 10.2 Å². The van der Waals surface area contributed by atoms with Gasteiger partial charge in [-0.05, 0) is 49.3 Å². The first-order valence-corrected chi connectivity index (χ1v) is 10.7. The number of hydrogen-bond donors (Lipinski definition) is 1. The fourth-order valence-corrected chi connectivity index (χ4v) is 5.12. The van der Waals surface area contributed by atoms with Crippen molar-refractivity contribution in [1.29, 1.82) is 0 Å². The van der Waals surface area contributed by atoms with Crippen molar-refractivity contribution in [1.82, 2.24) is 15.1 Å². The van der Waals surface area contributed by atoms with E-state index >= 15 is 0 Å². The van der Waals surface area contributed by atoms with Crippen LogP contribution in [0.4, 0.5) is 13.2 Å². The number of rotatable bonds is 5. The van der Waals surface area contributed by atoms with Crippen LogP contribution in [-0.4, -0.2) is 59.9 Å². The fourth-order valence-electron chi connectivity index (χ4n) is 5.12. The Bertz CT molecular complexity index is 813. The summed E-state index contributed by atoms with van der Waals surface area (Å²) in [5, 5.41) is 2.49. The summed E-state index contributed by atoms with van der Waals surface area (Å²) in [7, 11) is 0. The summed E-state index contributed by atoms with van der Waals surface area (Å²) in [6.45, 7) is 4.89. The summed E-state index contributed by atoms with van der Waals surface area (Å²) >= 11 is 0. The van der Waals surface area contributed by atoms with Crippen molar-refractivity contribution in [3.63, 3.8) is 0 Å². The lowest BCUT2D eigenvalue weighted by molar-refractivity contribution is -0.137. The number of halogens is 3. The van der Waals surface area contributed by atoms with E-state index in [1.165, 1.54) is 25.0 Å². The molecule has 2 saturated heterocycles. The van der Waals surface area contributed by atoms with Gasteiger partial charge in [-0.3, -0.25) is 14.5 Å². The van der Waals surface area contributed by atoms with Gasteiger partial charge in [0.05, 0.1) is 12.1 Å². The molecule has 3 aliphatic rings. The van der Waals surface area contributed by atoms with Gasteiger partial charge in [0.15, 0.2) is 0 Å². The van der Waals surface area contributed by atoms with Gasteiger partial charge in [-0.2, -0.15) is 13.2 Å². The van der Waals surface area contributed by atoms with Gasteiger partial charge in [-0.15, -0.1) is 0 Å². The molecule has 8 heteroatoms. The molecule has 5 nitrogen and oxygen atoms in total. The number of benzene rings is 1. The van der Waals surface area contributed by atoms with Crippen molar-refractivity contribution in [3.8, 4) is 0 Å². The first kappa shape index (κ1) is 21.2. The van der Waals surface area contributed by atoms with Crippen LogP contribution >= 0.6 is 0 Å². The third-order valence-electron chi connectivity index (χ3n) is 7.13. The molecule has 0 radical (unpaired) electrons. The Kier molecular flexibility index (Phi) is 5.79. The summed E-state index contributed by atoms with van der Waals surface area (Å²) < 4.78 is 38.5. The number of carbonyl (C=O) groups is 2. The minimum atomic E-state index is -4.51. The Hall–Kier alpha value is -2.09. The number of alkyl halides is 3. The Morgan fingerprint density at radius 3 is 2.53 bits per heavy atom. The highest BCUT2D eigenvalue weighted by atomic mass is 19.4. The van der Waals surface area contributed by atoms with Gasteiger partial charge in [0.1, 0.15) is 0 Å². The maximum atomic E-state index is 12.8. The van der Waals surface area contributed by atoms with Gasteiger partial charge >= 0.3 is 6.18 Å². The highest BCUT2D eigenvalue weighted by Crippen LogP contribution is 2.38. The second kappa shape index (κ2) is 8.21. The fraction of sp³-hybridized carbons (Fsp3) is 0.636. The second-order valence-corrected chi connectivity index (χ2v) is 8.87. The molecule has 1 aromatic rings. The molecule has 3 fully saturated rings. The van der Waals surface area contributed by atoms with Crippen molar-refractivity contribution >= 4 is 11.8 Å². The molecule has 4 rings (SSSR count). The molecule has 164 valence electrons. The SMILES string of the molecule is C[C@H]1CCC1CN1CCC2C1CCN2C(=O)CNC(=O)c1cccc(C(F)(F)F)c1. The van der Waals surface area contributed by atoms with E-state index in [9.17, 15) is 22.8 Å². The molecule has 1 saturated carbocycles. The summed E-state index contributed by atoms with van der Waals surface area (Å²) in [6.07, 6.45) is -0.0253. The number of likely N-dealkylation sites (tertiary alicyclic amines) is 2.